The predicted octanol–water partition coefficient (Wildman–Crippen LogP) is 4.07. The summed E-state index contributed by atoms with van der Waals surface area (Å²) in [5.74, 6) is 1.53. The van der Waals surface area contributed by atoms with Crippen molar-refractivity contribution in [2.75, 3.05) is 0 Å². The minimum atomic E-state index is -0.280. The lowest BCUT2D eigenvalue weighted by Crippen LogP contribution is -2.49. The number of aryl methyl sites for hydroxylation is 1. The minimum Gasteiger partial charge on any atom is -0.459 e. The van der Waals surface area contributed by atoms with Gasteiger partial charge in [-0.25, -0.2) is 4.39 Å². The van der Waals surface area contributed by atoms with Gasteiger partial charge in [0, 0.05) is 22.9 Å². The van der Waals surface area contributed by atoms with E-state index < -0.39 is 0 Å². The van der Waals surface area contributed by atoms with Crippen molar-refractivity contribution in [1.29, 1.82) is 0 Å². The molecule has 1 aromatic carbocycles. The first-order chi connectivity index (χ1) is 12.0. The number of nitrogens with two attached hydrogens (primary N) is 1. The van der Waals surface area contributed by atoms with E-state index in [1.807, 2.05) is 6.92 Å². The SMILES string of the molecule is Cc1c(CNC(=O)C2CC3CCCC(C2)C3N)oc2ccc(F)cc12.Cl. The van der Waals surface area contributed by atoms with Crippen LogP contribution in [0.2, 0.25) is 0 Å². The number of benzene rings is 1. The largest absolute Gasteiger partial charge is 0.459 e. The fourth-order valence-electron chi connectivity index (χ4n) is 4.73. The van der Waals surface area contributed by atoms with Crippen molar-refractivity contribution < 1.29 is 13.6 Å². The Hall–Kier alpha value is -1.59. The van der Waals surface area contributed by atoms with Crippen LogP contribution < -0.4 is 11.1 Å². The van der Waals surface area contributed by atoms with Gasteiger partial charge < -0.3 is 15.5 Å². The van der Waals surface area contributed by atoms with Gasteiger partial charge in [-0.2, -0.15) is 0 Å². The zero-order valence-corrected chi connectivity index (χ0v) is 15.8. The summed E-state index contributed by atoms with van der Waals surface area (Å²) < 4.78 is 19.2. The number of amides is 1. The van der Waals surface area contributed by atoms with Gasteiger partial charge in [-0.05, 0) is 62.6 Å². The van der Waals surface area contributed by atoms with Crippen LogP contribution in [0.1, 0.15) is 43.4 Å². The number of carbonyl (C=O) groups is 1. The molecule has 0 saturated heterocycles. The van der Waals surface area contributed by atoms with Gasteiger partial charge in [-0.1, -0.05) is 6.42 Å². The average molecular weight is 381 g/mol. The maximum Gasteiger partial charge on any atom is 0.223 e. The van der Waals surface area contributed by atoms with E-state index >= 15 is 0 Å². The monoisotopic (exact) mass is 380 g/mol. The molecular weight excluding hydrogens is 355 g/mol. The van der Waals surface area contributed by atoms with Crippen molar-refractivity contribution in [3.63, 3.8) is 0 Å². The van der Waals surface area contributed by atoms with Crippen molar-refractivity contribution in [2.24, 2.45) is 23.5 Å². The second-order valence-electron chi connectivity index (χ2n) is 7.71. The molecule has 1 heterocycles. The number of hydrogen-bond donors (Lipinski definition) is 2. The van der Waals surface area contributed by atoms with Crippen LogP contribution in [0.4, 0.5) is 4.39 Å². The third-order valence-corrected chi connectivity index (χ3v) is 6.20. The molecule has 2 unspecified atom stereocenters. The standard InChI is InChI=1S/C20H25FN2O2.ClH/c1-11-16-9-15(21)5-6-17(16)25-18(11)10-23-20(24)14-7-12-3-2-4-13(8-14)19(12)22;/h5-6,9,12-14,19H,2-4,7-8,10,22H2,1H3,(H,23,24);1H. The number of rotatable bonds is 3. The molecule has 2 aromatic rings. The van der Waals surface area contributed by atoms with E-state index in [9.17, 15) is 9.18 Å². The fraction of sp³-hybridized carbons (Fsp3) is 0.550. The van der Waals surface area contributed by atoms with Crippen LogP contribution in [-0.4, -0.2) is 11.9 Å². The van der Waals surface area contributed by atoms with Gasteiger partial charge in [0.25, 0.3) is 0 Å². The van der Waals surface area contributed by atoms with Crippen LogP contribution in [-0.2, 0) is 11.3 Å². The molecule has 142 valence electrons. The van der Waals surface area contributed by atoms with Crippen molar-refractivity contribution >= 4 is 29.3 Å². The first-order valence-electron chi connectivity index (χ1n) is 9.23. The number of hydrogen-bond acceptors (Lipinski definition) is 3. The van der Waals surface area contributed by atoms with Crippen LogP contribution in [0.15, 0.2) is 22.6 Å². The number of nitrogens with one attached hydrogen (secondary N) is 1. The molecule has 2 atom stereocenters. The third-order valence-electron chi connectivity index (χ3n) is 6.20. The zero-order chi connectivity index (χ0) is 17.6. The van der Waals surface area contributed by atoms with E-state index in [4.69, 9.17) is 10.2 Å². The Balaban J connectivity index is 0.00000196. The summed E-state index contributed by atoms with van der Waals surface area (Å²) in [6.07, 6.45) is 5.33. The molecule has 2 aliphatic rings. The van der Waals surface area contributed by atoms with E-state index in [1.165, 1.54) is 18.6 Å². The molecule has 1 amide bonds. The molecular formula is C20H26ClFN2O2. The molecule has 4 rings (SSSR count). The topological polar surface area (TPSA) is 68.3 Å². The Bertz CT molecular complexity index is 792. The molecule has 2 saturated carbocycles. The first kappa shape index (κ1) is 19.2. The number of carbonyl (C=O) groups excluding carboxylic acids is 1. The molecule has 26 heavy (non-hydrogen) atoms. The third kappa shape index (κ3) is 3.47. The summed E-state index contributed by atoms with van der Waals surface area (Å²) in [4.78, 5) is 12.6. The molecule has 0 aliphatic heterocycles. The molecule has 3 N–H and O–H groups in total. The summed E-state index contributed by atoms with van der Waals surface area (Å²) in [6, 6.07) is 4.76. The number of halogens is 2. The van der Waals surface area contributed by atoms with Crippen molar-refractivity contribution in [2.45, 2.75) is 51.6 Å². The van der Waals surface area contributed by atoms with Crippen LogP contribution >= 0.6 is 12.4 Å². The highest BCUT2D eigenvalue weighted by molar-refractivity contribution is 5.85. The molecule has 2 aliphatic carbocycles. The van der Waals surface area contributed by atoms with Crippen LogP contribution in [0, 0.1) is 30.5 Å². The van der Waals surface area contributed by atoms with Gasteiger partial charge in [-0.15, -0.1) is 12.4 Å². The quantitative estimate of drug-likeness (QED) is 0.843. The summed E-state index contributed by atoms with van der Waals surface area (Å²) >= 11 is 0. The number of furan rings is 1. The molecule has 1 aromatic heterocycles. The van der Waals surface area contributed by atoms with Crippen LogP contribution in [0.25, 0.3) is 11.0 Å². The van der Waals surface area contributed by atoms with Gasteiger partial charge in [0.1, 0.15) is 17.2 Å². The highest BCUT2D eigenvalue weighted by Gasteiger charge is 2.40. The summed E-state index contributed by atoms with van der Waals surface area (Å²) in [7, 11) is 0. The second-order valence-corrected chi connectivity index (χ2v) is 7.71. The van der Waals surface area contributed by atoms with E-state index in [2.05, 4.69) is 5.32 Å². The van der Waals surface area contributed by atoms with Gasteiger partial charge in [0.15, 0.2) is 0 Å². The van der Waals surface area contributed by atoms with Crippen LogP contribution in [0.5, 0.6) is 0 Å². The Morgan fingerprint density at radius 1 is 1.31 bits per heavy atom. The Kier molecular flexibility index (Phi) is 5.58. The molecule has 0 radical (unpaired) electrons. The van der Waals surface area contributed by atoms with Crippen molar-refractivity contribution in [3.05, 3.63) is 35.3 Å². The van der Waals surface area contributed by atoms with E-state index in [0.29, 0.717) is 29.7 Å². The summed E-state index contributed by atoms with van der Waals surface area (Å²) in [5.41, 5.74) is 7.85. The van der Waals surface area contributed by atoms with Crippen LogP contribution in [0.3, 0.4) is 0 Å². The number of fused-ring (bicyclic) bond motifs is 3. The minimum absolute atomic E-state index is 0. The van der Waals surface area contributed by atoms with Crippen molar-refractivity contribution in [3.8, 4) is 0 Å². The molecule has 6 heteroatoms. The lowest BCUT2D eigenvalue weighted by Gasteiger charge is -2.43. The lowest BCUT2D eigenvalue weighted by atomic mass is 9.65. The highest BCUT2D eigenvalue weighted by Crippen LogP contribution is 2.41. The van der Waals surface area contributed by atoms with Gasteiger partial charge >= 0.3 is 0 Å². The lowest BCUT2D eigenvalue weighted by molar-refractivity contribution is -0.128. The van der Waals surface area contributed by atoms with E-state index in [0.717, 1.165) is 36.6 Å². The summed E-state index contributed by atoms with van der Waals surface area (Å²) in [6.45, 7) is 2.25. The summed E-state index contributed by atoms with van der Waals surface area (Å²) in [5, 5.41) is 3.79. The highest BCUT2D eigenvalue weighted by atomic mass is 35.5. The molecule has 0 spiro atoms. The molecule has 2 fully saturated rings. The maximum absolute atomic E-state index is 13.4. The van der Waals surface area contributed by atoms with Crippen molar-refractivity contribution in [1.82, 2.24) is 5.32 Å². The predicted molar refractivity (Wildman–Crippen MR) is 102 cm³/mol. The Labute approximate surface area is 159 Å². The second kappa shape index (κ2) is 7.57. The van der Waals surface area contributed by atoms with E-state index in [-0.39, 0.29) is 36.1 Å². The average Bonchev–Trinajstić information content (AvgIpc) is 2.88. The van der Waals surface area contributed by atoms with Gasteiger partial charge in [0.05, 0.1) is 6.54 Å². The normalized spacial score (nSPS) is 27.8. The van der Waals surface area contributed by atoms with Gasteiger partial charge in [-0.3, -0.25) is 4.79 Å². The maximum atomic E-state index is 13.4. The smallest absolute Gasteiger partial charge is 0.223 e. The Morgan fingerprint density at radius 3 is 2.69 bits per heavy atom. The zero-order valence-electron chi connectivity index (χ0n) is 15.0. The van der Waals surface area contributed by atoms with E-state index in [1.54, 1.807) is 6.07 Å². The fourth-order valence-corrected chi connectivity index (χ4v) is 4.73. The molecule has 2 bridgehead atoms. The first-order valence-corrected chi connectivity index (χ1v) is 9.23. The molecule has 4 nitrogen and oxygen atoms in total. The van der Waals surface area contributed by atoms with Gasteiger partial charge in [0.2, 0.25) is 5.91 Å². The Morgan fingerprint density at radius 2 is 2.00 bits per heavy atom.